The van der Waals surface area contributed by atoms with Crippen LogP contribution in [-0.4, -0.2) is 19.6 Å². The first-order valence-electron chi connectivity index (χ1n) is 11.5. The Labute approximate surface area is 204 Å². The molecule has 4 nitrogen and oxygen atoms in total. The summed E-state index contributed by atoms with van der Waals surface area (Å²) in [6.07, 6.45) is 3.98. The van der Waals surface area contributed by atoms with Crippen molar-refractivity contribution in [3.63, 3.8) is 0 Å². The Balaban J connectivity index is 1.46. The van der Waals surface area contributed by atoms with Gasteiger partial charge in [0.25, 0.3) is 0 Å². The summed E-state index contributed by atoms with van der Waals surface area (Å²) in [7, 11) is 0. The van der Waals surface area contributed by atoms with Crippen molar-refractivity contribution in [1.29, 1.82) is 0 Å². The molecule has 0 unspecified atom stereocenters. The third-order valence-electron chi connectivity index (χ3n) is 6.49. The maximum absolute atomic E-state index is 5.87. The molecule has 3 heterocycles. The van der Waals surface area contributed by atoms with Crippen LogP contribution in [0.1, 0.15) is 29.0 Å². The van der Waals surface area contributed by atoms with Crippen LogP contribution in [0, 0.1) is 0 Å². The van der Waals surface area contributed by atoms with E-state index in [-0.39, 0.29) is 12.1 Å². The molecule has 1 aliphatic rings. The Morgan fingerprint density at radius 2 is 1.59 bits per heavy atom. The highest BCUT2D eigenvalue weighted by Crippen LogP contribution is 2.40. The number of pyridine rings is 1. The van der Waals surface area contributed by atoms with Gasteiger partial charge < -0.3 is 14.8 Å². The summed E-state index contributed by atoms with van der Waals surface area (Å²) in [4.78, 5) is 6.97. The molecule has 3 aromatic carbocycles. The average Bonchev–Trinajstić information content (AvgIpc) is 3.49. The van der Waals surface area contributed by atoms with Gasteiger partial charge in [0.2, 0.25) is 0 Å². The molecular formula is C29H24N4S. The number of hydrogen-bond donors (Lipinski definition) is 1. The van der Waals surface area contributed by atoms with Crippen molar-refractivity contribution in [2.75, 3.05) is 0 Å². The van der Waals surface area contributed by atoms with E-state index in [0.29, 0.717) is 0 Å². The second-order valence-electron chi connectivity index (χ2n) is 8.57. The number of fused-ring (bicyclic) bond motifs is 1. The molecule has 2 aromatic heterocycles. The van der Waals surface area contributed by atoms with Crippen LogP contribution in [0.15, 0.2) is 116 Å². The van der Waals surface area contributed by atoms with E-state index in [2.05, 4.69) is 111 Å². The lowest BCUT2D eigenvalue weighted by Gasteiger charge is -2.29. The third-order valence-corrected chi connectivity index (χ3v) is 6.84. The van der Waals surface area contributed by atoms with Crippen LogP contribution in [-0.2, 0) is 6.54 Å². The fraction of sp³-hybridized carbons (Fsp3) is 0.103. The number of nitrogens with zero attached hydrogens (tertiary/aromatic N) is 3. The van der Waals surface area contributed by atoms with Gasteiger partial charge in [0, 0.05) is 30.3 Å². The van der Waals surface area contributed by atoms with Crippen LogP contribution in [0.3, 0.4) is 0 Å². The smallest absolute Gasteiger partial charge is 0.170 e. The topological polar surface area (TPSA) is 33.1 Å². The first-order chi connectivity index (χ1) is 16.8. The highest BCUT2D eigenvalue weighted by molar-refractivity contribution is 7.80. The quantitative estimate of drug-likeness (QED) is 0.317. The summed E-state index contributed by atoms with van der Waals surface area (Å²) in [5.41, 5.74) is 4.52. The van der Waals surface area contributed by atoms with Gasteiger partial charge in [0.05, 0.1) is 17.8 Å². The molecule has 5 aromatic rings. The molecule has 0 amide bonds. The number of hydrogen-bond acceptors (Lipinski definition) is 2. The summed E-state index contributed by atoms with van der Waals surface area (Å²) < 4.78 is 2.28. The molecule has 0 radical (unpaired) electrons. The zero-order valence-corrected chi connectivity index (χ0v) is 19.4. The lowest BCUT2D eigenvalue weighted by molar-refractivity contribution is 0.302. The molecule has 0 aliphatic carbocycles. The van der Waals surface area contributed by atoms with Gasteiger partial charge in [-0.3, -0.25) is 4.98 Å². The minimum atomic E-state index is -0.0495. The maximum Gasteiger partial charge on any atom is 0.170 e. The van der Waals surface area contributed by atoms with Gasteiger partial charge in [0.1, 0.15) is 0 Å². The van der Waals surface area contributed by atoms with E-state index in [9.17, 15) is 0 Å². The van der Waals surface area contributed by atoms with E-state index in [4.69, 9.17) is 12.2 Å². The summed E-state index contributed by atoms with van der Waals surface area (Å²) in [6.45, 7) is 0.726. The maximum atomic E-state index is 5.87. The lowest BCUT2D eigenvalue weighted by Crippen LogP contribution is -2.30. The van der Waals surface area contributed by atoms with Crippen molar-refractivity contribution < 1.29 is 0 Å². The largest absolute Gasteiger partial charge is 0.352 e. The zero-order chi connectivity index (χ0) is 22.9. The highest BCUT2D eigenvalue weighted by Gasteiger charge is 2.41. The van der Waals surface area contributed by atoms with E-state index in [0.717, 1.165) is 23.0 Å². The molecule has 2 atom stereocenters. The fourth-order valence-electron chi connectivity index (χ4n) is 4.87. The number of rotatable bonds is 5. The Morgan fingerprint density at radius 1 is 0.794 bits per heavy atom. The van der Waals surface area contributed by atoms with Gasteiger partial charge in [-0.25, -0.2) is 0 Å². The minimum absolute atomic E-state index is 0.0101. The Hall–Kier alpha value is -3.96. The van der Waals surface area contributed by atoms with E-state index >= 15 is 0 Å². The molecule has 0 saturated carbocycles. The Kier molecular flexibility index (Phi) is 5.32. The van der Waals surface area contributed by atoms with Crippen LogP contribution < -0.4 is 5.32 Å². The first-order valence-corrected chi connectivity index (χ1v) is 11.9. The van der Waals surface area contributed by atoms with Crippen LogP contribution in [0.4, 0.5) is 0 Å². The predicted octanol–water partition coefficient (Wildman–Crippen LogP) is 6.20. The highest BCUT2D eigenvalue weighted by atomic mass is 32.1. The van der Waals surface area contributed by atoms with Crippen molar-refractivity contribution >= 4 is 28.1 Å². The van der Waals surface area contributed by atoms with Crippen molar-refractivity contribution in [3.05, 3.63) is 132 Å². The van der Waals surface area contributed by atoms with Crippen LogP contribution in [0.2, 0.25) is 0 Å². The van der Waals surface area contributed by atoms with E-state index < -0.39 is 0 Å². The Bertz CT molecular complexity index is 1450. The molecule has 5 heteroatoms. The van der Waals surface area contributed by atoms with Crippen molar-refractivity contribution in [1.82, 2.24) is 19.8 Å². The third kappa shape index (κ3) is 3.74. The van der Waals surface area contributed by atoms with Gasteiger partial charge >= 0.3 is 0 Å². The normalized spacial score (nSPS) is 17.8. The van der Waals surface area contributed by atoms with Crippen LogP contribution in [0.25, 0.3) is 16.5 Å². The first kappa shape index (κ1) is 20.6. The second-order valence-corrected chi connectivity index (χ2v) is 8.96. The summed E-state index contributed by atoms with van der Waals surface area (Å²) in [5.74, 6) is 0. The molecule has 0 spiro atoms. The number of aromatic nitrogens is 2. The molecule has 1 aliphatic heterocycles. The van der Waals surface area contributed by atoms with Crippen LogP contribution in [0.5, 0.6) is 0 Å². The number of benzene rings is 3. The van der Waals surface area contributed by atoms with Gasteiger partial charge in [0.15, 0.2) is 5.11 Å². The van der Waals surface area contributed by atoms with E-state index in [1.165, 1.54) is 22.0 Å². The van der Waals surface area contributed by atoms with E-state index in [1.54, 1.807) is 0 Å². The van der Waals surface area contributed by atoms with Gasteiger partial charge in [-0.05, 0) is 65.0 Å². The zero-order valence-electron chi connectivity index (χ0n) is 18.6. The van der Waals surface area contributed by atoms with Crippen LogP contribution >= 0.6 is 12.2 Å². The summed E-state index contributed by atoms with van der Waals surface area (Å²) in [6, 6.07) is 35.9. The predicted molar refractivity (Wildman–Crippen MR) is 141 cm³/mol. The van der Waals surface area contributed by atoms with Gasteiger partial charge in [-0.15, -0.1) is 0 Å². The molecule has 1 saturated heterocycles. The standard InChI is InChI=1S/C29H24N4S/c34-29-31-27(25-13-6-7-17-30-25)28(33(29)20-21-9-2-1-3-10-21)26-14-8-18-32(26)24-16-15-22-11-4-5-12-23(22)19-24/h1-19,27-28H,20H2,(H,31,34)/t27-,28+/m1/s1. The van der Waals surface area contributed by atoms with E-state index in [1.807, 2.05) is 24.4 Å². The monoisotopic (exact) mass is 460 g/mol. The molecule has 166 valence electrons. The summed E-state index contributed by atoms with van der Waals surface area (Å²) in [5, 5.41) is 6.78. The molecular weight excluding hydrogens is 436 g/mol. The SMILES string of the molecule is S=C1N[C@H](c2ccccn2)[C@H](c2cccn2-c2ccc3ccccc3c2)N1Cc1ccccc1. The number of thiocarbonyl (C=S) groups is 1. The van der Waals surface area contributed by atoms with Crippen molar-refractivity contribution in [2.45, 2.75) is 18.6 Å². The minimum Gasteiger partial charge on any atom is -0.352 e. The molecule has 1 N–H and O–H groups in total. The van der Waals surface area contributed by atoms with Crippen molar-refractivity contribution in [2.24, 2.45) is 0 Å². The Morgan fingerprint density at radius 3 is 2.41 bits per heavy atom. The van der Waals surface area contributed by atoms with Gasteiger partial charge in [-0.1, -0.05) is 66.7 Å². The molecule has 6 rings (SSSR count). The second kappa shape index (κ2) is 8.76. The van der Waals surface area contributed by atoms with Gasteiger partial charge in [-0.2, -0.15) is 0 Å². The fourth-order valence-corrected chi connectivity index (χ4v) is 5.18. The lowest BCUT2D eigenvalue weighted by atomic mass is 10.0. The molecule has 34 heavy (non-hydrogen) atoms. The molecule has 0 bridgehead atoms. The number of nitrogens with one attached hydrogen (secondary N) is 1. The average molecular weight is 461 g/mol. The molecule has 1 fully saturated rings. The summed E-state index contributed by atoms with van der Waals surface area (Å²) >= 11 is 5.87. The van der Waals surface area contributed by atoms with Crippen molar-refractivity contribution in [3.8, 4) is 5.69 Å².